The van der Waals surface area contributed by atoms with Gasteiger partial charge in [-0.1, -0.05) is 25.5 Å². The molecule has 88 valence electrons. The number of amides is 1. The van der Waals surface area contributed by atoms with Crippen molar-refractivity contribution >= 4 is 11.6 Å². The van der Waals surface area contributed by atoms with Crippen LogP contribution in [0.4, 0.5) is 5.69 Å². The minimum Gasteiger partial charge on any atom is -0.385 e. The zero-order chi connectivity index (χ0) is 11.8. The largest absolute Gasteiger partial charge is 0.385 e. The molecule has 0 saturated heterocycles. The minimum atomic E-state index is 0.0649. The molecule has 0 aliphatic carbocycles. The fourth-order valence-corrected chi connectivity index (χ4v) is 1.52. The van der Waals surface area contributed by atoms with Crippen LogP contribution in [0.1, 0.15) is 25.3 Å². The van der Waals surface area contributed by atoms with E-state index in [0.717, 1.165) is 12.1 Å². The van der Waals surface area contributed by atoms with Gasteiger partial charge in [0.15, 0.2) is 0 Å². The maximum Gasteiger partial charge on any atom is 0.221 e. The smallest absolute Gasteiger partial charge is 0.221 e. The summed E-state index contributed by atoms with van der Waals surface area (Å²) in [5, 5.41) is 5.82. The van der Waals surface area contributed by atoms with Gasteiger partial charge in [-0.05, 0) is 24.1 Å². The number of benzene rings is 1. The van der Waals surface area contributed by atoms with E-state index in [1.807, 2.05) is 0 Å². The number of aryl methyl sites for hydroxylation is 1. The molecular formula is C13H20N2O. The maximum absolute atomic E-state index is 11.0. The van der Waals surface area contributed by atoms with E-state index in [2.05, 4.69) is 41.8 Å². The molecule has 1 rings (SSSR count). The second-order valence-electron chi connectivity index (χ2n) is 3.80. The van der Waals surface area contributed by atoms with Gasteiger partial charge >= 0.3 is 0 Å². The van der Waals surface area contributed by atoms with Crippen molar-refractivity contribution in [2.24, 2.45) is 0 Å². The molecule has 0 aliphatic rings. The van der Waals surface area contributed by atoms with Gasteiger partial charge in [-0.15, -0.1) is 0 Å². The first kappa shape index (κ1) is 12.6. The minimum absolute atomic E-state index is 0.0649. The standard InChI is InChI=1S/C13H20N2O/c1-3-4-11-5-7-12(8-6-11)15-10-9-13(16)14-2/h5-8,15H,3-4,9-10H2,1-2H3,(H,14,16). The Morgan fingerprint density at radius 2 is 1.94 bits per heavy atom. The summed E-state index contributed by atoms with van der Waals surface area (Å²) in [6.07, 6.45) is 2.80. The third-order valence-corrected chi connectivity index (χ3v) is 2.45. The highest BCUT2D eigenvalue weighted by molar-refractivity contribution is 5.76. The molecule has 0 radical (unpaired) electrons. The summed E-state index contributed by atoms with van der Waals surface area (Å²) >= 11 is 0. The summed E-state index contributed by atoms with van der Waals surface area (Å²) in [5.41, 5.74) is 2.43. The van der Waals surface area contributed by atoms with Gasteiger partial charge in [0.2, 0.25) is 5.91 Å². The van der Waals surface area contributed by atoms with Gasteiger partial charge in [-0.2, -0.15) is 0 Å². The van der Waals surface area contributed by atoms with Crippen molar-refractivity contribution in [1.29, 1.82) is 0 Å². The van der Waals surface area contributed by atoms with E-state index in [1.54, 1.807) is 7.05 Å². The van der Waals surface area contributed by atoms with Crippen molar-refractivity contribution in [2.45, 2.75) is 26.2 Å². The molecule has 2 N–H and O–H groups in total. The Morgan fingerprint density at radius 1 is 1.25 bits per heavy atom. The molecule has 1 aromatic rings. The zero-order valence-corrected chi connectivity index (χ0v) is 10.0. The van der Waals surface area contributed by atoms with Crippen LogP contribution in [0.15, 0.2) is 24.3 Å². The third kappa shape index (κ3) is 4.34. The Morgan fingerprint density at radius 3 is 2.50 bits per heavy atom. The monoisotopic (exact) mass is 220 g/mol. The molecular weight excluding hydrogens is 200 g/mol. The summed E-state index contributed by atoms with van der Waals surface area (Å²) in [4.78, 5) is 11.0. The lowest BCUT2D eigenvalue weighted by Crippen LogP contribution is -2.20. The van der Waals surface area contributed by atoms with E-state index in [0.29, 0.717) is 13.0 Å². The van der Waals surface area contributed by atoms with E-state index in [9.17, 15) is 4.79 Å². The molecule has 1 aromatic carbocycles. The molecule has 16 heavy (non-hydrogen) atoms. The van der Waals surface area contributed by atoms with E-state index in [-0.39, 0.29) is 5.91 Å². The van der Waals surface area contributed by atoms with E-state index in [4.69, 9.17) is 0 Å². The van der Waals surface area contributed by atoms with E-state index in [1.165, 1.54) is 12.0 Å². The van der Waals surface area contributed by atoms with Crippen molar-refractivity contribution in [2.75, 3.05) is 18.9 Å². The number of hydrogen-bond acceptors (Lipinski definition) is 2. The van der Waals surface area contributed by atoms with Gasteiger partial charge in [0.25, 0.3) is 0 Å². The highest BCUT2D eigenvalue weighted by Crippen LogP contribution is 2.10. The Balaban J connectivity index is 2.34. The fraction of sp³-hybridized carbons (Fsp3) is 0.462. The van der Waals surface area contributed by atoms with Crippen molar-refractivity contribution in [3.8, 4) is 0 Å². The normalized spacial score (nSPS) is 9.88. The van der Waals surface area contributed by atoms with Crippen LogP contribution < -0.4 is 10.6 Å². The fourth-order valence-electron chi connectivity index (χ4n) is 1.52. The van der Waals surface area contributed by atoms with Crippen LogP contribution in [0.3, 0.4) is 0 Å². The average Bonchev–Trinajstić information content (AvgIpc) is 2.31. The molecule has 0 atom stereocenters. The summed E-state index contributed by atoms with van der Waals surface area (Å²) in [6, 6.07) is 8.39. The first-order valence-corrected chi connectivity index (χ1v) is 5.79. The average molecular weight is 220 g/mol. The molecule has 0 spiro atoms. The lowest BCUT2D eigenvalue weighted by atomic mass is 10.1. The number of nitrogens with one attached hydrogen (secondary N) is 2. The highest BCUT2D eigenvalue weighted by Gasteiger charge is 1.97. The first-order chi connectivity index (χ1) is 7.76. The van der Waals surface area contributed by atoms with Crippen molar-refractivity contribution < 1.29 is 4.79 Å². The summed E-state index contributed by atoms with van der Waals surface area (Å²) < 4.78 is 0. The van der Waals surface area contributed by atoms with Crippen LogP contribution >= 0.6 is 0 Å². The van der Waals surface area contributed by atoms with Crippen LogP contribution in [0.5, 0.6) is 0 Å². The quantitative estimate of drug-likeness (QED) is 0.771. The lowest BCUT2D eigenvalue weighted by molar-refractivity contribution is -0.120. The Kier molecular flexibility index (Phi) is 5.40. The van der Waals surface area contributed by atoms with Crippen LogP contribution in [0.25, 0.3) is 0 Å². The molecule has 0 aromatic heterocycles. The van der Waals surface area contributed by atoms with Crippen LogP contribution in [-0.2, 0) is 11.2 Å². The second kappa shape index (κ2) is 6.88. The summed E-state index contributed by atoms with van der Waals surface area (Å²) in [6.45, 7) is 2.85. The predicted octanol–water partition coefficient (Wildman–Crippen LogP) is 2.19. The second-order valence-corrected chi connectivity index (χ2v) is 3.80. The Hall–Kier alpha value is -1.51. The topological polar surface area (TPSA) is 41.1 Å². The molecule has 0 heterocycles. The van der Waals surface area contributed by atoms with Gasteiger partial charge in [-0.25, -0.2) is 0 Å². The highest BCUT2D eigenvalue weighted by atomic mass is 16.1. The number of anilines is 1. The molecule has 0 unspecified atom stereocenters. The SMILES string of the molecule is CCCc1ccc(NCCC(=O)NC)cc1. The van der Waals surface area contributed by atoms with Gasteiger partial charge in [0, 0.05) is 25.7 Å². The van der Waals surface area contributed by atoms with Crippen LogP contribution in [-0.4, -0.2) is 19.5 Å². The summed E-state index contributed by atoms with van der Waals surface area (Å²) in [7, 11) is 1.65. The van der Waals surface area contributed by atoms with Gasteiger partial charge < -0.3 is 10.6 Å². The molecule has 0 aliphatic heterocycles. The van der Waals surface area contributed by atoms with E-state index >= 15 is 0 Å². The molecule has 1 amide bonds. The maximum atomic E-state index is 11.0. The third-order valence-electron chi connectivity index (χ3n) is 2.45. The summed E-state index contributed by atoms with van der Waals surface area (Å²) in [5.74, 6) is 0.0649. The van der Waals surface area contributed by atoms with E-state index < -0.39 is 0 Å². The number of rotatable bonds is 6. The molecule has 3 nitrogen and oxygen atoms in total. The van der Waals surface area contributed by atoms with Crippen molar-refractivity contribution in [1.82, 2.24) is 5.32 Å². The van der Waals surface area contributed by atoms with Gasteiger partial charge in [0.1, 0.15) is 0 Å². The molecule has 0 fully saturated rings. The van der Waals surface area contributed by atoms with Crippen LogP contribution in [0.2, 0.25) is 0 Å². The van der Waals surface area contributed by atoms with Crippen molar-refractivity contribution in [3.05, 3.63) is 29.8 Å². The molecule has 3 heteroatoms. The molecule has 0 bridgehead atoms. The molecule has 0 saturated carbocycles. The van der Waals surface area contributed by atoms with Gasteiger partial charge in [-0.3, -0.25) is 4.79 Å². The van der Waals surface area contributed by atoms with Crippen molar-refractivity contribution in [3.63, 3.8) is 0 Å². The first-order valence-electron chi connectivity index (χ1n) is 5.79. The Labute approximate surface area is 97.2 Å². The van der Waals surface area contributed by atoms with Gasteiger partial charge in [0.05, 0.1) is 0 Å². The number of hydrogen-bond donors (Lipinski definition) is 2. The Bertz CT molecular complexity index is 319. The number of carbonyl (C=O) groups is 1. The number of carbonyl (C=O) groups excluding carboxylic acids is 1. The zero-order valence-electron chi connectivity index (χ0n) is 10.0. The van der Waals surface area contributed by atoms with Crippen LogP contribution in [0, 0.1) is 0 Å². The predicted molar refractivity (Wildman–Crippen MR) is 67.6 cm³/mol. The lowest BCUT2D eigenvalue weighted by Gasteiger charge is -2.06.